The van der Waals surface area contributed by atoms with Gasteiger partial charge in [0.25, 0.3) is 5.56 Å². The number of hydrogen-bond acceptors (Lipinski definition) is 6. The van der Waals surface area contributed by atoms with Crippen molar-refractivity contribution in [3.63, 3.8) is 0 Å². The lowest BCUT2D eigenvalue weighted by Crippen LogP contribution is -2.22. The molecule has 0 radical (unpaired) electrons. The van der Waals surface area contributed by atoms with Gasteiger partial charge in [-0.05, 0) is 24.3 Å². The van der Waals surface area contributed by atoms with Gasteiger partial charge in [0.2, 0.25) is 10.0 Å². The summed E-state index contributed by atoms with van der Waals surface area (Å²) in [6.07, 6.45) is 1.48. The van der Waals surface area contributed by atoms with Crippen LogP contribution in [-0.4, -0.2) is 18.2 Å². The van der Waals surface area contributed by atoms with E-state index in [0.29, 0.717) is 17.0 Å². The molecule has 3 rings (SSSR count). The van der Waals surface area contributed by atoms with Crippen LogP contribution in [0, 0.1) is 0 Å². The zero-order valence-corrected chi connectivity index (χ0v) is 13.7. The van der Waals surface area contributed by atoms with E-state index in [1.165, 1.54) is 23.1 Å². The predicted molar refractivity (Wildman–Crippen MR) is 85.5 cm³/mol. The van der Waals surface area contributed by atoms with Crippen molar-refractivity contribution >= 4 is 21.4 Å². The molecule has 0 bridgehead atoms. The van der Waals surface area contributed by atoms with Gasteiger partial charge in [-0.3, -0.25) is 4.79 Å². The molecule has 0 fully saturated rings. The molecule has 0 amide bonds. The standard InChI is InChI=1S/C14H13N3O4S2/c1-17-13(18)5-4-12(16-17)10-7-14(22-9-10)23(19,20)15-8-11-3-2-6-21-11/h2-7,9,15H,8H2,1H3. The maximum absolute atomic E-state index is 12.3. The Hall–Kier alpha value is -2.23. The second kappa shape index (κ2) is 6.11. The number of aryl methyl sites for hydroxylation is 1. The summed E-state index contributed by atoms with van der Waals surface area (Å²) >= 11 is 1.09. The quantitative estimate of drug-likeness (QED) is 0.753. The summed E-state index contributed by atoms with van der Waals surface area (Å²) in [5.41, 5.74) is 0.955. The fourth-order valence-corrected chi connectivity index (χ4v) is 4.11. The van der Waals surface area contributed by atoms with E-state index in [9.17, 15) is 13.2 Å². The molecule has 3 aromatic heterocycles. The first kappa shape index (κ1) is 15.7. The predicted octanol–water partition coefficient (Wildman–Crippen LogP) is 1.58. The van der Waals surface area contributed by atoms with Crippen molar-refractivity contribution in [2.45, 2.75) is 10.8 Å². The van der Waals surface area contributed by atoms with E-state index in [-0.39, 0.29) is 16.3 Å². The van der Waals surface area contributed by atoms with Gasteiger partial charge in [0.05, 0.1) is 18.5 Å². The number of nitrogens with one attached hydrogen (secondary N) is 1. The molecule has 1 N–H and O–H groups in total. The van der Waals surface area contributed by atoms with E-state index in [2.05, 4.69) is 9.82 Å². The first-order valence-electron chi connectivity index (χ1n) is 6.61. The third-order valence-electron chi connectivity index (χ3n) is 3.11. The summed E-state index contributed by atoms with van der Waals surface area (Å²) in [6, 6.07) is 7.87. The monoisotopic (exact) mass is 351 g/mol. The molecular weight excluding hydrogens is 338 g/mol. The van der Waals surface area contributed by atoms with E-state index in [0.717, 1.165) is 11.3 Å². The smallest absolute Gasteiger partial charge is 0.266 e. The van der Waals surface area contributed by atoms with E-state index < -0.39 is 10.0 Å². The fourth-order valence-electron chi connectivity index (χ4n) is 1.90. The highest BCUT2D eigenvalue weighted by molar-refractivity contribution is 7.91. The van der Waals surface area contributed by atoms with Gasteiger partial charge in [-0.25, -0.2) is 17.8 Å². The Morgan fingerprint density at radius 2 is 2.17 bits per heavy atom. The first-order chi connectivity index (χ1) is 11.0. The Morgan fingerprint density at radius 1 is 1.35 bits per heavy atom. The summed E-state index contributed by atoms with van der Waals surface area (Å²) in [7, 11) is -2.09. The average molecular weight is 351 g/mol. The maximum Gasteiger partial charge on any atom is 0.266 e. The Labute approximate surface area is 136 Å². The molecule has 0 saturated carbocycles. The molecule has 0 aliphatic heterocycles. The van der Waals surface area contributed by atoms with E-state index in [1.807, 2.05) is 0 Å². The molecule has 0 aliphatic rings. The normalized spacial score (nSPS) is 11.7. The molecule has 0 aromatic carbocycles. The summed E-state index contributed by atoms with van der Waals surface area (Å²) < 4.78 is 33.5. The molecule has 120 valence electrons. The topological polar surface area (TPSA) is 94.2 Å². The molecule has 9 heteroatoms. The second-order valence-corrected chi connectivity index (χ2v) is 7.64. The largest absolute Gasteiger partial charge is 0.468 e. The van der Waals surface area contributed by atoms with Gasteiger partial charge in [-0.2, -0.15) is 5.10 Å². The maximum atomic E-state index is 12.3. The van der Waals surface area contributed by atoms with Gasteiger partial charge in [0.15, 0.2) is 0 Å². The van der Waals surface area contributed by atoms with Crippen LogP contribution < -0.4 is 10.3 Å². The number of aromatic nitrogens is 2. The van der Waals surface area contributed by atoms with Crippen LogP contribution in [0.2, 0.25) is 0 Å². The lowest BCUT2D eigenvalue weighted by atomic mass is 10.2. The highest BCUT2D eigenvalue weighted by Gasteiger charge is 2.18. The van der Waals surface area contributed by atoms with Gasteiger partial charge in [0, 0.05) is 24.1 Å². The molecule has 23 heavy (non-hydrogen) atoms. The number of thiophene rings is 1. The van der Waals surface area contributed by atoms with Gasteiger partial charge >= 0.3 is 0 Å². The van der Waals surface area contributed by atoms with E-state index >= 15 is 0 Å². The Balaban J connectivity index is 1.82. The zero-order valence-electron chi connectivity index (χ0n) is 12.1. The minimum Gasteiger partial charge on any atom is -0.468 e. The Bertz CT molecular complexity index is 972. The molecule has 0 atom stereocenters. The van der Waals surface area contributed by atoms with Crippen molar-refractivity contribution in [2.75, 3.05) is 0 Å². The van der Waals surface area contributed by atoms with Crippen LogP contribution in [0.1, 0.15) is 5.76 Å². The van der Waals surface area contributed by atoms with Crippen LogP contribution in [0.25, 0.3) is 11.3 Å². The minimum atomic E-state index is -3.63. The van der Waals surface area contributed by atoms with Crippen molar-refractivity contribution in [2.24, 2.45) is 7.05 Å². The second-order valence-electron chi connectivity index (χ2n) is 4.74. The molecule has 0 spiro atoms. The first-order valence-corrected chi connectivity index (χ1v) is 8.97. The highest BCUT2D eigenvalue weighted by atomic mass is 32.2. The molecular formula is C14H13N3O4S2. The molecule has 7 nitrogen and oxygen atoms in total. The van der Waals surface area contributed by atoms with Crippen molar-refractivity contribution < 1.29 is 12.8 Å². The Morgan fingerprint density at radius 3 is 2.87 bits per heavy atom. The SMILES string of the molecule is Cn1nc(-c2csc(S(=O)(=O)NCc3ccco3)c2)ccc1=O. The highest BCUT2D eigenvalue weighted by Crippen LogP contribution is 2.26. The Kier molecular flexibility index (Phi) is 4.16. The van der Waals surface area contributed by atoms with Crippen LogP contribution in [0.5, 0.6) is 0 Å². The van der Waals surface area contributed by atoms with E-state index in [4.69, 9.17) is 4.42 Å². The molecule has 0 aliphatic carbocycles. The molecule has 3 aromatic rings. The lowest BCUT2D eigenvalue weighted by molar-refractivity contribution is 0.499. The van der Waals surface area contributed by atoms with Crippen molar-refractivity contribution in [3.05, 3.63) is 58.1 Å². The van der Waals surface area contributed by atoms with Crippen LogP contribution >= 0.6 is 11.3 Å². The molecule has 0 saturated heterocycles. The summed E-state index contributed by atoms with van der Waals surface area (Å²) in [6.45, 7) is 0.0840. The molecule has 3 heterocycles. The van der Waals surface area contributed by atoms with Gasteiger partial charge < -0.3 is 4.42 Å². The van der Waals surface area contributed by atoms with Crippen LogP contribution in [0.3, 0.4) is 0 Å². The number of furan rings is 1. The number of sulfonamides is 1. The van der Waals surface area contributed by atoms with E-state index in [1.54, 1.807) is 30.6 Å². The summed E-state index contributed by atoms with van der Waals surface area (Å²) in [5.74, 6) is 0.532. The van der Waals surface area contributed by atoms with Crippen LogP contribution in [-0.2, 0) is 23.6 Å². The van der Waals surface area contributed by atoms with Crippen molar-refractivity contribution in [1.82, 2.24) is 14.5 Å². The summed E-state index contributed by atoms with van der Waals surface area (Å²) in [4.78, 5) is 11.4. The van der Waals surface area contributed by atoms with Crippen LogP contribution in [0.15, 0.2) is 55.4 Å². The van der Waals surface area contributed by atoms with Gasteiger partial charge in [-0.1, -0.05) is 0 Å². The zero-order chi connectivity index (χ0) is 16.4. The number of hydrogen-bond donors (Lipinski definition) is 1. The van der Waals surface area contributed by atoms with Gasteiger partial charge in [-0.15, -0.1) is 11.3 Å². The van der Waals surface area contributed by atoms with Crippen molar-refractivity contribution in [3.8, 4) is 11.3 Å². The van der Waals surface area contributed by atoms with Crippen LogP contribution in [0.4, 0.5) is 0 Å². The minimum absolute atomic E-state index is 0.0840. The third kappa shape index (κ3) is 3.41. The summed E-state index contributed by atoms with van der Waals surface area (Å²) in [5, 5.41) is 5.79. The number of nitrogens with zero attached hydrogens (tertiary/aromatic N) is 2. The van der Waals surface area contributed by atoms with Crippen molar-refractivity contribution in [1.29, 1.82) is 0 Å². The lowest BCUT2D eigenvalue weighted by Gasteiger charge is -2.02. The van der Waals surface area contributed by atoms with Gasteiger partial charge in [0.1, 0.15) is 9.97 Å². The fraction of sp³-hybridized carbons (Fsp3) is 0.143. The average Bonchev–Trinajstić information content (AvgIpc) is 3.19. The third-order valence-corrected chi connectivity index (χ3v) is 5.95. The molecule has 0 unspecified atom stereocenters. The number of rotatable bonds is 5.